The van der Waals surface area contributed by atoms with Crippen LogP contribution >= 0.6 is 11.6 Å². The lowest BCUT2D eigenvalue weighted by Gasteiger charge is -2.05. The highest BCUT2D eigenvalue weighted by atomic mass is 35.5. The highest BCUT2D eigenvalue weighted by Gasteiger charge is 2.04. The molecule has 0 saturated heterocycles. The fourth-order valence-electron chi connectivity index (χ4n) is 1.44. The molecular weight excluding hydrogens is 184 g/mol. The lowest BCUT2D eigenvalue weighted by Crippen LogP contribution is -1.90. The lowest BCUT2D eigenvalue weighted by atomic mass is 10.1. The van der Waals surface area contributed by atoms with Crippen LogP contribution < -0.4 is 5.73 Å². The van der Waals surface area contributed by atoms with Gasteiger partial charge in [0.05, 0.1) is 5.02 Å². The van der Waals surface area contributed by atoms with Crippen molar-refractivity contribution in [2.75, 3.05) is 5.73 Å². The molecule has 1 aromatic carbocycles. The van der Waals surface area contributed by atoms with Gasteiger partial charge in [0.1, 0.15) is 0 Å². The monoisotopic (exact) mass is 192 g/mol. The van der Waals surface area contributed by atoms with Gasteiger partial charge in [-0.1, -0.05) is 11.6 Å². The summed E-state index contributed by atoms with van der Waals surface area (Å²) in [6, 6.07) is 5.49. The standard InChI is InChI=1S/C10H9ClN2/c1-6-10-7(4-5-13-6)9(12)3-2-8(10)11/h2-5H,12H2,1H3. The molecule has 0 aliphatic rings. The summed E-state index contributed by atoms with van der Waals surface area (Å²) in [4.78, 5) is 4.17. The van der Waals surface area contributed by atoms with E-state index in [4.69, 9.17) is 17.3 Å². The molecule has 0 radical (unpaired) electrons. The summed E-state index contributed by atoms with van der Waals surface area (Å²) in [5.41, 5.74) is 7.46. The summed E-state index contributed by atoms with van der Waals surface area (Å²) in [5.74, 6) is 0. The van der Waals surface area contributed by atoms with Gasteiger partial charge in [-0.05, 0) is 25.1 Å². The van der Waals surface area contributed by atoms with Crippen molar-refractivity contribution < 1.29 is 0 Å². The minimum Gasteiger partial charge on any atom is -0.398 e. The highest BCUT2D eigenvalue weighted by molar-refractivity contribution is 6.36. The van der Waals surface area contributed by atoms with Gasteiger partial charge < -0.3 is 5.73 Å². The van der Waals surface area contributed by atoms with Gasteiger partial charge in [0.15, 0.2) is 0 Å². The van der Waals surface area contributed by atoms with E-state index in [1.165, 1.54) is 0 Å². The van der Waals surface area contributed by atoms with Crippen LogP contribution in [0.25, 0.3) is 10.8 Å². The molecule has 0 atom stereocenters. The first-order valence-corrected chi connectivity index (χ1v) is 4.37. The van der Waals surface area contributed by atoms with E-state index in [0.29, 0.717) is 5.02 Å². The van der Waals surface area contributed by atoms with Crippen LogP contribution in [0.3, 0.4) is 0 Å². The van der Waals surface area contributed by atoms with E-state index in [9.17, 15) is 0 Å². The molecule has 3 heteroatoms. The van der Waals surface area contributed by atoms with Crippen molar-refractivity contribution in [3.63, 3.8) is 0 Å². The molecule has 66 valence electrons. The number of benzene rings is 1. The Morgan fingerprint density at radius 3 is 2.77 bits per heavy atom. The Kier molecular flexibility index (Phi) is 1.85. The molecule has 1 aromatic heterocycles. The number of halogens is 1. The summed E-state index contributed by atoms with van der Waals surface area (Å²) in [6.07, 6.45) is 1.74. The van der Waals surface area contributed by atoms with Gasteiger partial charge in [-0.2, -0.15) is 0 Å². The third kappa shape index (κ3) is 1.23. The smallest absolute Gasteiger partial charge is 0.0504 e. The zero-order chi connectivity index (χ0) is 9.42. The molecule has 2 aromatic rings. The van der Waals surface area contributed by atoms with Crippen LogP contribution in [0.4, 0.5) is 5.69 Å². The first-order valence-electron chi connectivity index (χ1n) is 3.99. The largest absolute Gasteiger partial charge is 0.398 e. The van der Waals surface area contributed by atoms with Crippen molar-refractivity contribution in [2.45, 2.75) is 6.92 Å². The quantitative estimate of drug-likeness (QED) is 0.652. The molecule has 2 nitrogen and oxygen atoms in total. The number of nitrogen functional groups attached to an aromatic ring is 1. The topological polar surface area (TPSA) is 38.9 Å². The van der Waals surface area contributed by atoms with E-state index >= 15 is 0 Å². The Balaban J connectivity index is 3.00. The molecule has 0 fully saturated rings. The van der Waals surface area contributed by atoms with Crippen molar-refractivity contribution in [1.82, 2.24) is 4.98 Å². The normalized spacial score (nSPS) is 10.6. The summed E-state index contributed by atoms with van der Waals surface area (Å²) < 4.78 is 0. The molecule has 0 aliphatic heterocycles. The summed E-state index contributed by atoms with van der Waals surface area (Å²) in [5, 5.41) is 2.62. The molecule has 0 aliphatic carbocycles. The molecular formula is C10H9ClN2. The molecule has 0 spiro atoms. The molecule has 2 N–H and O–H groups in total. The van der Waals surface area contributed by atoms with Crippen molar-refractivity contribution in [1.29, 1.82) is 0 Å². The van der Waals surface area contributed by atoms with E-state index < -0.39 is 0 Å². The molecule has 13 heavy (non-hydrogen) atoms. The van der Waals surface area contributed by atoms with Gasteiger partial charge >= 0.3 is 0 Å². The minimum absolute atomic E-state index is 0.704. The van der Waals surface area contributed by atoms with Crippen LogP contribution in [0.5, 0.6) is 0 Å². The second-order valence-electron chi connectivity index (χ2n) is 2.96. The van der Waals surface area contributed by atoms with Crippen LogP contribution in [0.15, 0.2) is 24.4 Å². The Morgan fingerprint density at radius 1 is 1.31 bits per heavy atom. The molecule has 2 rings (SSSR count). The number of anilines is 1. The minimum atomic E-state index is 0.704. The predicted octanol–water partition coefficient (Wildman–Crippen LogP) is 2.78. The van der Waals surface area contributed by atoms with Crippen molar-refractivity contribution >= 4 is 28.1 Å². The molecule has 1 heterocycles. The number of nitrogens with two attached hydrogens (primary N) is 1. The molecule has 0 saturated carbocycles. The predicted molar refractivity (Wildman–Crippen MR) is 55.9 cm³/mol. The number of fused-ring (bicyclic) bond motifs is 1. The third-order valence-corrected chi connectivity index (χ3v) is 2.41. The Hall–Kier alpha value is -1.28. The van der Waals surface area contributed by atoms with Gasteiger partial charge in [0, 0.05) is 28.4 Å². The summed E-state index contributed by atoms with van der Waals surface area (Å²) in [6.45, 7) is 1.92. The average molecular weight is 193 g/mol. The first-order chi connectivity index (χ1) is 6.20. The molecule has 0 unspecified atom stereocenters. The van der Waals surface area contributed by atoms with Crippen LogP contribution in [0, 0.1) is 6.92 Å². The van der Waals surface area contributed by atoms with Gasteiger partial charge in [-0.3, -0.25) is 4.98 Å². The number of aryl methyl sites for hydroxylation is 1. The van der Waals surface area contributed by atoms with Crippen molar-refractivity contribution in [3.8, 4) is 0 Å². The fourth-order valence-corrected chi connectivity index (χ4v) is 1.75. The second kappa shape index (κ2) is 2.89. The van der Waals surface area contributed by atoms with E-state index in [-0.39, 0.29) is 0 Å². The second-order valence-corrected chi connectivity index (χ2v) is 3.36. The van der Waals surface area contributed by atoms with E-state index in [1.807, 2.05) is 19.1 Å². The van der Waals surface area contributed by atoms with E-state index in [0.717, 1.165) is 22.2 Å². The van der Waals surface area contributed by atoms with Crippen LogP contribution in [0.1, 0.15) is 5.69 Å². The summed E-state index contributed by atoms with van der Waals surface area (Å²) in [7, 11) is 0. The number of hydrogen-bond donors (Lipinski definition) is 1. The van der Waals surface area contributed by atoms with E-state index in [1.54, 1.807) is 12.3 Å². The maximum atomic E-state index is 6.04. The van der Waals surface area contributed by atoms with Crippen LogP contribution in [-0.4, -0.2) is 4.98 Å². The number of aromatic nitrogens is 1. The van der Waals surface area contributed by atoms with Gasteiger partial charge in [0.2, 0.25) is 0 Å². The average Bonchev–Trinajstić information content (AvgIpc) is 2.12. The van der Waals surface area contributed by atoms with Crippen molar-refractivity contribution in [3.05, 3.63) is 35.1 Å². The highest BCUT2D eigenvalue weighted by Crippen LogP contribution is 2.29. The third-order valence-electron chi connectivity index (χ3n) is 2.10. The number of pyridine rings is 1. The SMILES string of the molecule is Cc1nccc2c(N)ccc(Cl)c12. The lowest BCUT2D eigenvalue weighted by molar-refractivity contribution is 1.24. The van der Waals surface area contributed by atoms with Crippen LogP contribution in [-0.2, 0) is 0 Å². The Labute approximate surface area is 81.3 Å². The van der Waals surface area contributed by atoms with E-state index in [2.05, 4.69) is 4.98 Å². The van der Waals surface area contributed by atoms with Gasteiger partial charge in [0.25, 0.3) is 0 Å². The maximum absolute atomic E-state index is 6.04. The zero-order valence-corrected chi connectivity index (χ0v) is 7.97. The molecule has 0 bridgehead atoms. The van der Waals surface area contributed by atoms with Gasteiger partial charge in [-0.25, -0.2) is 0 Å². The van der Waals surface area contributed by atoms with Gasteiger partial charge in [-0.15, -0.1) is 0 Å². The Bertz CT molecular complexity index is 457. The fraction of sp³-hybridized carbons (Fsp3) is 0.100. The number of hydrogen-bond acceptors (Lipinski definition) is 2. The Morgan fingerprint density at radius 2 is 2.08 bits per heavy atom. The number of nitrogens with zero attached hydrogens (tertiary/aromatic N) is 1. The summed E-state index contributed by atoms with van der Waals surface area (Å²) >= 11 is 6.04. The number of rotatable bonds is 0. The maximum Gasteiger partial charge on any atom is 0.0504 e. The first kappa shape index (κ1) is 8.32. The van der Waals surface area contributed by atoms with Crippen LogP contribution in [0.2, 0.25) is 5.02 Å². The zero-order valence-electron chi connectivity index (χ0n) is 7.21. The van der Waals surface area contributed by atoms with Crippen molar-refractivity contribution in [2.24, 2.45) is 0 Å². The molecule has 0 amide bonds.